The van der Waals surface area contributed by atoms with Gasteiger partial charge in [0.1, 0.15) is 5.58 Å². The summed E-state index contributed by atoms with van der Waals surface area (Å²) in [6, 6.07) is 54.0. The predicted octanol–water partition coefficient (Wildman–Crippen LogP) is 11.1. The van der Waals surface area contributed by atoms with E-state index in [4.69, 9.17) is 14.4 Å². The van der Waals surface area contributed by atoms with E-state index < -0.39 is 5.41 Å². The van der Waals surface area contributed by atoms with Crippen LogP contribution in [0.1, 0.15) is 22.3 Å². The van der Waals surface area contributed by atoms with Crippen LogP contribution < -0.4 is 0 Å². The summed E-state index contributed by atoms with van der Waals surface area (Å²) in [6.07, 6.45) is 1.80. The fraction of sp³-hybridized carbons (Fsp3) is 0.0233. The third-order valence-corrected chi connectivity index (χ3v) is 10.8. The number of hydrogen-bond acceptors (Lipinski definition) is 4. The van der Waals surface area contributed by atoms with Gasteiger partial charge in [-0.25, -0.2) is 9.97 Å². The number of furan rings is 1. The Labute approximate surface area is 276 Å². The third kappa shape index (κ3) is 3.82. The summed E-state index contributed by atoms with van der Waals surface area (Å²) < 4.78 is 5.90. The number of hydrogen-bond donors (Lipinski definition) is 0. The molecule has 47 heavy (non-hydrogen) atoms. The van der Waals surface area contributed by atoms with E-state index in [2.05, 4.69) is 127 Å². The lowest BCUT2D eigenvalue weighted by Crippen LogP contribution is -2.31. The second-order valence-corrected chi connectivity index (χ2v) is 13.2. The molecule has 1 spiro atoms. The minimum absolute atomic E-state index is 0.455. The molecule has 220 valence electrons. The van der Waals surface area contributed by atoms with Crippen molar-refractivity contribution in [2.24, 2.45) is 0 Å². The van der Waals surface area contributed by atoms with Crippen LogP contribution in [0.5, 0.6) is 0 Å². The summed E-state index contributed by atoms with van der Waals surface area (Å²) in [7, 11) is 0. The van der Waals surface area contributed by atoms with Crippen molar-refractivity contribution >= 4 is 22.7 Å². The summed E-state index contributed by atoms with van der Waals surface area (Å²) in [5.74, 6) is 0.719. The van der Waals surface area contributed by atoms with Crippen molar-refractivity contribution < 1.29 is 4.42 Å². The van der Waals surface area contributed by atoms with E-state index in [9.17, 15) is 0 Å². The molecule has 0 radical (unpaired) electrons. The summed E-state index contributed by atoms with van der Waals surface area (Å²) >= 11 is 1.85. The van der Waals surface area contributed by atoms with Gasteiger partial charge in [-0.2, -0.15) is 0 Å². The normalized spacial score (nSPS) is 15.7. The van der Waals surface area contributed by atoms with E-state index in [1.165, 1.54) is 43.2 Å². The number of fused-ring (bicyclic) bond motifs is 11. The molecule has 1 unspecified atom stereocenters. The lowest BCUT2D eigenvalue weighted by atomic mass is 9.67. The molecule has 0 saturated heterocycles. The van der Waals surface area contributed by atoms with Gasteiger partial charge in [0, 0.05) is 31.9 Å². The summed E-state index contributed by atoms with van der Waals surface area (Å²) in [6.45, 7) is 0. The molecular weight excluding hydrogens is 593 g/mol. The Morgan fingerprint density at radius 1 is 0.489 bits per heavy atom. The van der Waals surface area contributed by atoms with Gasteiger partial charge in [-0.05, 0) is 63.7 Å². The van der Waals surface area contributed by atoms with Gasteiger partial charge in [-0.1, -0.05) is 133 Å². The van der Waals surface area contributed by atoms with Crippen LogP contribution in [0.4, 0.5) is 0 Å². The van der Waals surface area contributed by atoms with Crippen molar-refractivity contribution in [2.45, 2.75) is 15.2 Å². The van der Waals surface area contributed by atoms with Crippen molar-refractivity contribution in [2.75, 3.05) is 0 Å². The van der Waals surface area contributed by atoms with Crippen LogP contribution >= 0.6 is 11.8 Å². The minimum Gasteiger partial charge on any atom is -0.464 e. The number of benzene rings is 6. The second kappa shape index (κ2) is 10.1. The molecule has 1 aliphatic heterocycles. The first-order valence-electron chi connectivity index (χ1n) is 15.8. The maximum atomic E-state index is 5.90. The van der Waals surface area contributed by atoms with Crippen LogP contribution in [0.25, 0.3) is 56.0 Å². The zero-order chi connectivity index (χ0) is 31.0. The molecule has 0 saturated carbocycles. The number of nitrogens with zero attached hydrogens (tertiary/aromatic N) is 2. The van der Waals surface area contributed by atoms with Crippen LogP contribution in [-0.4, -0.2) is 9.97 Å². The van der Waals surface area contributed by atoms with Crippen LogP contribution in [0.3, 0.4) is 0 Å². The van der Waals surface area contributed by atoms with E-state index in [-0.39, 0.29) is 0 Å². The molecule has 0 fully saturated rings. The molecule has 1 atom stereocenters. The Balaban J connectivity index is 1.23. The van der Waals surface area contributed by atoms with E-state index in [1.54, 1.807) is 6.26 Å². The largest absolute Gasteiger partial charge is 0.464 e. The smallest absolute Gasteiger partial charge is 0.160 e. The first-order chi connectivity index (χ1) is 23.3. The molecule has 0 bridgehead atoms. The van der Waals surface area contributed by atoms with Crippen LogP contribution in [-0.2, 0) is 5.41 Å². The zero-order valence-corrected chi connectivity index (χ0v) is 26.0. The Morgan fingerprint density at radius 3 is 1.98 bits per heavy atom. The molecule has 6 aromatic carbocycles. The Morgan fingerprint density at radius 2 is 1.15 bits per heavy atom. The first kappa shape index (κ1) is 26.5. The van der Waals surface area contributed by atoms with E-state index in [1.807, 2.05) is 36.0 Å². The highest BCUT2D eigenvalue weighted by molar-refractivity contribution is 7.99. The zero-order valence-electron chi connectivity index (χ0n) is 25.2. The highest BCUT2D eigenvalue weighted by Gasteiger charge is 2.50. The Hall–Kier alpha value is -5.71. The highest BCUT2D eigenvalue weighted by atomic mass is 32.2. The molecule has 8 aromatic rings. The van der Waals surface area contributed by atoms with E-state index in [0.717, 1.165) is 44.9 Å². The topological polar surface area (TPSA) is 38.9 Å². The van der Waals surface area contributed by atoms with Crippen LogP contribution in [0.15, 0.2) is 172 Å². The molecule has 2 aliphatic rings. The molecule has 10 rings (SSSR count). The van der Waals surface area contributed by atoms with E-state index >= 15 is 0 Å². The van der Waals surface area contributed by atoms with Gasteiger partial charge < -0.3 is 4.42 Å². The molecule has 3 nitrogen and oxygen atoms in total. The van der Waals surface area contributed by atoms with Gasteiger partial charge >= 0.3 is 0 Å². The van der Waals surface area contributed by atoms with Crippen molar-refractivity contribution in [3.63, 3.8) is 0 Å². The van der Waals surface area contributed by atoms with Crippen molar-refractivity contribution in [1.29, 1.82) is 0 Å². The molecule has 1 aliphatic carbocycles. The van der Waals surface area contributed by atoms with Crippen molar-refractivity contribution in [3.05, 3.63) is 180 Å². The molecule has 0 N–H and O–H groups in total. The number of aromatic nitrogens is 2. The van der Waals surface area contributed by atoms with Gasteiger partial charge in [0.15, 0.2) is 5.82 Å². The molecule has 0 amide bonds. The lowest BCUT2D eigenvalue weighted by molar-refractivity contribution is 0.615. The summed E-state index contributed by atoms with van der Waals surface area (Å²) in [5, 5.41) is 1.16. The maximum absolute atomic E-state index is 5.90. The van der Waals surface area contributed by atoms with Gasteiger partial charge in [0.05, 0.1) is 23.1 Å². The van der Waals surface area contributed by atoms with Gasteiger partial charge in [0.25, 0.3) is 0 Å². The highest BCUT2D eigenvalue weighted by Crippen LogP contribution is 2.63. The number of rotatable bonds is 3. The quantitative estimate of drug-likeness (QED) is 0.197. The predicted molar refractivity (Wildman–Crippen MR) is 190 cm³/mol. The average molecular weight is 619 g/mol. The minimum atomic E-state index is -0.455. The fourth-order valence-corrected chi connectivity index (χ4v) is 8.90. The Bertz CT molecular complexity index is 2440. The van der Waals surface area contributed by atoms with Crippen molar-refractivity contribution in [1.82, 2.24) is 9.97 Å². The average Bonchev–Trinajstić information content (AvgIpc) is 3.74. The van der Waals surface area contributed by atoms with Gasteiger partial charge in [0.2, 0.25) is 0 Å². The monoisotopic (exact) mass is 618 g/mol. The van der Waals surface area contributed by atoms with Crippen molar-refractivity contribution in [3.8, 4) is 45.0 Å². The third-order valence-electron chi connectivity index (χ3n) is 9.66. The lowest BCUT2D eigenvalue weighted by Gasteiger charge is -2.39. The fourth-order valence-electron chi connectivity index (χ4n) is 7.67. The van der Waals surface area contributed by atoms with Crippen LogP contribution in [0.2, 0.25) is 0 Å². The molecule has 4 heteroatoms. The first-order valence-corrected chi connectivity index (χ1v) is 16.6. The standard InChI is InChI=1S/C43H26N2OS/c1-3-11-27(12-4-1)36-26-37(45-42(44-36)28-13-5-2-6-14-28)29-19-20-34-40(25-29)47-39-18-10-9-17-33(39)43(34)32-16-8-7-15-30(32)41-31-23-24-46-38(31)22-21-35(41)43/h1-26H. The summed E-state index contributed by atoms with van der Waals surface area (Å²) in [4.78, 5) is 12.7. The Kier molecular flexibility index (Phi) is 5.72. The molecule has 3 heterocycles. The second-order valence-electron chi connectivity index (χ2n) is 12.1. The SMILES string of the molecule is c1ccc(-c2cc(-c3ccc4c(c3)Sc3ccccc3C43c4ccccc4-c4c3ccc3occc43)nc(-c3ccccc3)n2)cc1. The maximum Gasteiger partial charge on any atom is 0.160 e. The molecule has 2 aromatic heterocycles. The van der Waals surface area contributed by atoms with Crippen LogP contribution in [0, 0.1) is 0 Å². The van der Waals surface area contributed by atoms with Gasteiger partial charge in [-0.3, -0.25) is 0 Å². The van der Waals surface area contributed by atoms with E-state index in [0.29, 0.717) is 0 Å². The van der Waals surface area contributed by atoms with Gasteiger partial charge in [-0.15, -0.1) is 0 Å². The molecular formula is C43H26N2OS. The summed E-state index contributed by atoms with van der Waals surface area (Å²) in [5.41, 5.74) is 13.2.